The predicted molar refractivity (Wildman–Crippen MR) is 98.1 cm³/mol. The molecule has 1 aliphatic heterocycles. The predicted octanol–water partition coefficient (Wildman–Crippen LogP) is 3.25. The molecular formula is C19H19F4N5O2. The van der Waals surface area contributed by atoms with Crippen LogP contribution in [0.5, 0.6) is 0 Å². The standard InChI is InChI=1S/C19H19F4N5O2/c1-2-3-15-10-28(17-25-8-13(20)9-26-17)18(30)27(15)11-16(29)7-14-6-12(4-5-24-14)19(21,22)23/h4-6,8-9,15H,2-3,7,10-11H2,1H3/t15-/m0/s1. The average molecular weight is 425 g/mol. The van der Waals surface area contributed by atoms with Gasteiger partial charge >= 0.3 is 12.2 Å². The first-order valence-corrected chi connectivity index (χ1v) is 9.28. The van der Waals surface area contributed by atoms with E-state index in [4.69, 9.17) is 0 Å². The second kappa shape index (κ2) is 8.72. The molecule has 1 fully saturated rings. The van der Waals surface area contributed by atoms with E-state index in [-0.39, 0.29) is 37.2 Å². The fourth-order valence-corrected chi connectivity index (χ4v) is 3.29. The number of urea groups is 1. The maximum absolute atomic E-state index is 13.1. The number of Topliss-reactive ketones (excluding diaryl/α,β-unsaturated/α-hetero) is 1. The van der Waals surface area contributed by atoms with Gasteiger partial charge in [0.25, 0.3) is 0 Å². The molecular weight excluding hydrogens is 406 g/mol. The summed E-state index contributed by atoms with van der Waals surface area (Å²) in [5, 5.41) is 0. The van der Waals surface area contributed by atoms with E-state index >= 15 is 0 Å². The summed E-state index contributed by atoms with van der Waals surface area (Å²) in [6.07, 6.45) is -0.628. The van der Waals surface area contributed by atoms with Gasteiger partial charge in [-0.05, 0) is 18.6 Å². The van der Waals surface area contributed by atoms with Gasteiger partial charge in [0.15, 0.2) is 11.6 Å². The number of carbonyl (C=O) groups is 2. The van der Waals surface area contributed by atoms with Gasteiger partial charge in [-0.3, -0.25) is 14.7 Å². The first-order valence-electron chi connectivity index (χ1n) is 9.28. The molecule has 1 aliphatic rings. The van der Waals surface area contributed by atoms with Crippen LogP contribution in [0.2, 0.25) is 0 Å². The van der Waals surface area contributed by atoms with Crippen LogP contribution in [0.25, 0.3) is 0 Å². The van der Waals surface area contributed by atoms with E-state index in [1.165, 1.54) is 9.80 Å². The Morgan fingerprint density at radius 1 is 1.23 bits per heavy atom. The number of hydrogen-bond acceptors (Lipinski definition) is 5. The molecule has 0 spiro atoms. The van der Waals surface area contributed by atoms with E-state index < -0.39 is 29.4 Å². The van der Waals surface area contributed by atoms with E-state index in [2.05, 4.69) is 15.0 Å². The number of aromatic nitrogens is 3. The molecule has 2 aromatic rings. The Hall–Kier alpha value is -3.11. The molecule has 1 atom stereocenters. The number of anilines is 1. The van der Waals surface area contributed by atoms with Crippen LogP contribution < -0.4 is 4.90 Å². The molecule has 0 saturated carbocycles. The summed E-state index contributed by atoms with van der Waals surface area (Å²) in [4.78, 5) is 39.4. The lowest BCUT2D eigenvalue weighted by Crippen LogP contribution is -2.39. The molecule has 1 saturated heterocycles. The second-order valence-electron chi connectivity index (χ2n) is 6.91. The number of halogens is 4. The summed E-state index contributed by atoms with van der Waals surface area (Å²) in [5.41, 5.74) is -0.909. The Morgan fingerprint density at radius 2 is 1.93 bits per heavy atom. The van der Waals surface area contributed by atoms with E-state index in [9.17, 15) is 27.2 Å². The smallest absolute Gasteiger partial charge is 0.312 e. The molecule has 0 bridgehead atoms. The zero-order chi connectivity index (χ0) is 21.9. The minimum atomic E-state index is -4.53. The molecule has 11 heteroatoms. The summed E-state index contributed by atoms with van der Waals surface area (Å²) in [7, 11) is 0. The lowest BCUT2D eigenvalue weighted by Gasteiger charge is -2.22. The summed E-state index contributed by atoms with van der Waals surface area (Å²) in [6.45, 7) is 1.88. The Bertz CT molecular complexity index is 920. The van der Waals surface area contributed by atoms with Crippen molar-refractivity contribution >= 4 is 17.8 Å². The van der Waals surface area contributed by atoms with Crippen molar-refractivity contribution in [1.29, 1.82) is 0 Å². The maximum atomic E-state index is 13.1. The van der Waals surface area contributed by atoms with Gasteiger partial charge in [0.2, 0.25) is 5.95 Å². The number of alkyl halides is 3. The van der Waals surface area contributed by atoms with E-state index in [0.29, 0.717) is 6.42 Å². The normalized spacial score (nSPS) is 17.0. The zero-order valence-corrected chi connectivity index (χ0v) is 16.1. The molecule has 0 radical (unpaired) electrons. The molecule has 3 heterocycles. The average Bonchev–Trinajstić information content (AvgIpc) is 2.98. The summed E-state index contributed by atoms with van der Waals surface area (Å²) >= 11 is 0. The highest BCUT2D eigenvalue weighted by Crippen LogP contribution is 2.29. The first kappa shape index (κ1) is 21.6. The molecule has 160 valence electrons. The third-order valence-corrected chi connectivity index (χ3v) is 4.65. The fourth-order valence-electron chi connectivity index (χ4n) is 3.29. The van der Waals surface area contributed by atoms with Crippen LogP contribution in [0.1, 0.15) is 31.0 Å². The van der Waals surface area contributed by atoms with Crippen molar-refractivity contribution in [3.63, 3.8) is 0 Å². The highest BCUT2D eigenvalue weighted by Gasteiger charge is 2.39. The van der Waals surface area contributed by atoms with E-state index in [0.717, 1.165) is 37.1 Å². The van der Waals surface area contributed by atoms with Gasteiger partial charge in [0, 0.05) is 11.9 Å². The van der Waals surface area contributed by atoms with Crippen molar-refractivity contribution in [1.82, 2.24) is 19.9 Å². The zero-order valence-electron chi connectivity index (χ0n) is 16.1. The van der Waals surface area contributed by atoms with Gasteiger partial charge in [-0.15, -0.1) is 0 Å². The van der Waals surface area contributed by atoms with Crippen molar-refractivity contribution < 1.29 is 27.2 Å². The van der Waals surface area contributed by atoms with Crippen LogP contribution in [0.4, 0.5) is 28.3 Å². The lowest BCUT2D eigenvalue weighted by molar-refractivity contribution is -0.137. The van der Waals surface area contributed by atoms with Crippen molar-refractivity contribution in [2.45, 2.75) is 38.4 Å². The van der Waals surface area contributed by atoms with Gasteiger partial charge in [0.1, 0.15) is 0 Å². The third-order valence-electron chi connectivity index (χ3n) is 4.65. The molecule has 7 nitrogen and oxygen atoms in total. The number of pyridine rings is 1. The molecule has 0 N–H and O–H groups in total. The lowest BCUT2D eigenvalue weighted by atomic mass is 10.1. The number of ketones is 1. The molecule has 0 aromatic carbocycles. The minimum absolute atomic E-state index is 0.0211. The Kier molecular flexibility index (Phi) is 6.28. The highest BCUT2D eigenvalue weighted by molar-refractivity contribution is 5.96. The number of rotatable bonds is 7. The van der Waals surface area contributed by atoms with Crippen molar-refractivity contribution in [3.8, 4) is 0 Å². The SMILES string of the molecule is CCC[C@H]1CN(c2ncc(F)cn2)C(=O)N1CC(=O)Cc1cc(C(F)(F)F)ccn1. The van der Waals surface area contributed by atoms with Crippen molar-refractivity contribution in [3.05, 3.63) is 47.8 Å². The number of nitrogens with zero attached hydrogens (tertiary/aromatic N) is 5. The maximum Gasteiger partial charge on any atom is 0.416 e. The van der Waals surface area contributed by atoms with Gasteiger partial charge < -0.3 is 4.90 Å². The monoisotopic (exact) mass is 425 g/mol. The van der Waals surface area contributed by atoms with Gasteiger partial charge in [0.05, 0.1) is 43.5 Å². The summed E-state index contributed by atoms with van der Waals surface area (Å²) in [5.74, 6) is -1.06. The van der Waals surface area contributed by atoms with Crippen LogP contribution in [0.3, 0.4) is 0 Å². The van der Waals surface area contributed by atoms with E-state index in [1.54, 1.807) is 0 Å². The van der Waals surface area contributed by atoms with Gasteiger partial charge in [-0.1, -0.05) is 13.3 Å². The Balaban J connectivity index is 1.72. The molecule has 2 amide bonds. The van der Waals surface area contributed by atoms with Crippen LogP contribution in [0.15, 0.2) is 30.7 Å². The molecule has 30 heavy (non-hydrogen) atoms. The van der Waals surface area contributed by atoms with Gasteiger partial charge in [-0.2, -0.15) is 13.2 Å². The van der Waals surface area contributed by atoms with Crippen molar-refractivity contribution in [2.75, 3.05) is 18.0 Å². The summed E-state index contributed by atoms with van der Waals surface area (Å²) < 4.78 is 51.6. The first-order chi connectivity index (χ1) is 14.2. The van der Waals surface area contributed by atoms with Crippen molar-refractivity contribution in [2.24, 2.45) is 0 Å². The van der Waals surface area contributed by atoms with Gasteiger partial charge in [-0.25, -0.2) is 19.2 Å². The topological polar surface area (TPSA) is 79.3 Å². The summed E-state index contributed by atoms with van der Waals surface area (Å²) in [6, 6.07) is 0.849. The Labute approximate surface area is 169 Å². The second-order valence-corrected chi connectivity index (χ2v) is 6.91. The molecule has 2 aromatic heterocycles. The number of hydrogen-bond donors (Lipinski definition) is 0. The quantitative estimate of drug-likeness (QED) is 0.637. The number of amides is 2. The highest BCUT2D eigenvalue weighted by atomic mass is 19.4. The fraction of sp³-hybridized carbons (Fsp3) is 0.421. The Morgan fingerprint density at radius 3 is 2.57 bits per heavy atom. The minimum Gasteiger partial charge on any atom is -0.312 e. The molecule has 0 aliphatic carbocycles. The van der Waals surface area contributed by atoms with Crippen LogP contribution in [0, 0.1) is 5.82 Å². The largest absolute Gasteiger partial charge is 0.416 e. The third kappa shape index (κ3) is 4.89. The van der Waals surface area contributed by atoms with E-state index in [1.807, 2.05) is 6.92 Å². The van der Waals surface area contributed by atoms with Crippen LogP contribution in [-0.2, 0) is 17.4 Å². The number of carbonyl (C=O) groups excluding carboxylic acids is 2. The molecule has 3 rings (SSSR count). The van der Waals surface area contributed by atoms with Crippen LogP contribution in [-0.4, -0.2) is 50.8 Å². The van der Waals surface area contributed by atoms with Crippen LogP contribution >= 0.6 is 0 Å². The molecule has 0 unspecified atom stereocenters.